The van der Waals surface area contributed by atoms with Crippen LogP contribution in [0.5, 0.6) is 0 Å². The maximum absolute atomic E-state index is 13.2. The van der Waals surface area contributed by atoms with Crippen molar-refractivity contribution in [1.82, 2.24) is 25.3 Å². The predicted octanol–water partition coefficient (Wildman–Crippen LogP) is 6.44. The summed E-state index contributed by atoms with van der Waals surface area (Å²) in [4.78, 5) is 28.2. The molecule has 3 amide bonds. The highest BCUT2D eigenvalue weighted by molar-refractivity contribution is 5.83. The molecule has 2 aliphatic rings. The van der Waals surface area contributed by atoms with E-state index in [4.69, 9.17) is 0 Å². The summed E-state index contributed by atoms with van der Waals surface area (Å²) >= 11 is 0. The summed E-state index contributed by atoms with van der Waals surface area (Å²) in [5.41, 5.74) is 9.72. The van der Waals surface area contributed by atoms with Crippen LogP contribution in [0.3, 0.4) is 0 Å². The SMILES string of the molecule is Cc1cc(C)n(-c2cccc(-c3ccc(CNC(=O)[C@@H]4C[C@H]4c4ccccc4)c4c3CCN(C(=O)NC(C)(C)C)C4)c2)n1. The van der Waals surface area contributed by atoms with Gasteiger partial charge in [0.1, 0.15) is 0 Å². The molecule has 43 heavy (non-hydrogen) atoms. The summed E-state index contributed by atoms with van der Waals surface area (Å²) in [6.07, 6.45) is 1.63. The number of rotatable bonds is 6. The summed E-state index contributed by atoms with van der Waals surface area (Å²) in [7, 11) is 0. The zero-order chi connectivity index (χ0) is 30.3. The monoisotopic (exact) mass is 575 g/mol. The Bertz CT molecular complexity index is 1670. The van der Waals surface area contributed by atoms with E-state index in [0.717, 1.165) is 52.2 Å². The van der Waals surface area contributed by atoms with Gasteiger partial charge in [-0.3, -0.25) is 4.79 Å². The van der Waals surface area contributed by atoms with Crippen LogP contribution in [0.25, 0.3) is 16.8 Å². The maximum Gasteiger partial charge on any atom is 0.318 e. The highest BCUT2D eigenvalue weighted by atomic mass is 16.2. The molecule has 2 atom stereocenters. The molecule has 0 radical (unpaired) electrons. The number of hydrogen-bond acceptors (Lipinski definition) is 3. The Hall–Kier alpha value is -4.39. The summed E-state index contributed by atoms with van der Waals surface area (Å²) < 4.78 is 1.98. The molecule has 1 fully saturated rings. The molecule has 1 aliphatic carbocycles. The summed E-state index contributed by atoms with van der Waals surface area (Å²) in [5.74, 6) is 0.412. The Balaban J connectivity index is 1.28. The third-order valence-corrected chi connectivity index (χ3v) is 8.50. The summed E-state index contributed by atoms with van der Waals surface area (Å²) in [6, 6.07) is 25.1. The lowest BCUT2D eigenvalue weighted by molar-refractivity contribution is -0.122. The van der Waals surface area contributed by atoms with E-state index >= 15 is 0 Å². The number of amides is 3. The predicted molar refractivity (Wildman–Crippen MR) is 170 cm³/mol. The quantitative estimate of drug-likeness (QED) is 0.278. The molecule has 0 bridgehead atoms. The number of carbonyl (C=O) groups excluding carboxylic acids is 2. The van der Waals surface area contributed by atoms with Crippen LogP contribution in [0.1, 0.15) is 66.8 Å². The van der Waals surface area contributed by atoms with Crippen molar-refractivity contribution in [2.24, 2.45) is 5.92 Å². The first kappa shape index (κ1) is 28.7. The first-order valence-electron chi connectivity index (χ1n) is 15.2. The van der Waals surface area contributed by atoms with Gasteiger partial charge in [0.2, 0.25) is 5.91 Å². The van der Waals surface area contributed by atoms with Crippen LogP contribution in [0.4, 0.5) is 4.79 Å². The van der Waals surface area contributed by atoms with E-state index < -0.39 is 0 Å². The minimum absolute atomic E-state index is 0.0173. The van der Waals surface area contributed by atoms with Crippen molar-refractivity contribution in [2.75, 3.05) is 6.54 Å². The van der Waals surface area contributed by atoms with Gasteiger partial charge in [0.25, 0.3) is 0 Å². The van der Waals surface area contributed by atoms with Crippen LogP contribution in [0.2, 0.25) is 0 Å². The van der Waals surface area contributed by atoms with E-state index in [0.29, 0.717) is 25.6 Å². The number of nitrogens with one attached hydrogen (secondary N) is 2. The van der Waals surface area contributed by atoms with E-state index in [1.54, 1.807) is 0 Å². The van der Waals surface area contributed by atoms with Crippen molar-refractivity contribution in [2.45, 2.75) is 72.0 Å². The molecule has 0 unspecified atom stereocenters. The highest BCUT2D eigenvalue weighted by Gasteiger charge is 2.43. The van der Waals surface area contributed by atoms with Gasteiger partial charge in [0.05, 0.1) is 11.4 Å². The second kappa shape index (κ2) is 11.4. The van der Waals surface area contributed by atoms with E-state index in [1.807, 2.05) is 55.5 Å². The van der Waals surface area contributed by atoms with Gasteiger partial charge >= 0.3 is 6.03 Å². The molecule has 7 nitrogen and oxygen atoms in total. The number of carbonyl (C=O) groups is 2. The lowest BCUT2D eigenvalue weighted by Gasteiger charge is -2.34. The third-order valence-electron chi connectivity index (χ3n) is 8.50. The number of fused-ring (bicyclic) bond motifs is 1. The van der Waals surface area contributed by atoms with Crippen molar-refractivity contribution in [1.29, 1.82) is 0 Å². The Kier molecular flexibility index (Phi) is 7.59. The van der Waals surface area contributed by atoms with Crippen molar-refractivity contribution in [3.63, 3.8) is 0 Å². The van der Waals surface area contributed by atoms with Crippen molar-refractivity contribution in [3.05, 3.63) is 106 Å². The molecule has 2 heterocycles. The second-order valence-electron chi connectivity index (χ2n) is 13.0. The van der Waals surface area contributed by atoms with Crippen LogP contribution >= 0.6 is 0 Å². The van der Waals surface area contributed by atoms with Crippen LogP contribution in [-0.2, 0) is 24.3 Å². The van der Waals surface area contributed by atoms with E-state index in [1.165, 1.54) is 11.1 Å². The Morgan fingerprint density at radius 3 is 2.47 bits per heavy atom. The lowest BCUT2D eigenvalue weighted by atomic mass is 9.87. The highest BCUT2D eigenvalue weighted by Crippen LogP contribution is 2.47. The normalized spacial score (nSPS) is 17.7. The maximum atomic E-state index is 13.2. The molecule has 3 aromatic carbocycles. The van der Waals surface area contributed by atoms with Crippen molar-refractivity contribution >= 4 is 11.9 Å². The van der Waals surface area contributed by atoms with Crippen molar-refractivity contribution in [3.8, 4) is 16.8 Å². The molecule has 4 aromatic rings. The van der Waals surface area contributed by atoms with Gasteiger partial charge in [-0.25, -0.2) is 9.48 Å². The van der Waals surface area contributed by atoms with Gasteiger partial charge in [0.15, 0.2) is 0 Å². The molecule has 6 rings (SSSR count). The summed E-state index contributed by atoms with van der Waals surface area (Å²) in [5, 5.41) is 11.0. The van der Waals surface area contributed by atoms with Gasteiger partial charge in [-0.1, -0.05) is 54.6 Å². The average molecular weight is 576 g/mol. The zero-order valence-corrected chi connectivity index (χ0v) is 25.8. The van der Waals surface area contributed by atoms with Gasteiger partial charge < -0.3 is 15.5 Å². The van der Waals surface area contributed by atoms with Crippen LogP contribution < -0.4 is 10.6 Å². The lowest BCUT2D eigenvalue weighted by Crippen LogP contribution is -2.50. The Labute approximate surface area is 254 Å². The fraction of sp³-hybridized carbons (Fsp3) is 0.361. The van der Waals surface area contributed by atoms with Crippen LogP contribution in [0, 0.1) is 19.8 Å². The standard InChI is InChI=1S/C36H41N5O2/c1-23-18-24(2)41(39-23)28-13-9-12-26(19-28)29-15-14-27(21-37-34(42)32-20-31(32)25-10-7-6-8-11-25)33-22-40(17-16-30(29)33)35(43)38-36(3,4)5/h6-15,18-19,31-32H,16-17,20-22H2,1-5H3,(H,37,42)(H,38,43)/t31-,32+/m0/s1. The van der Waals surface area contributed by atoms with E-state index in [9.17, 15) is 9.59 Å². The van der Waals surface area contributed by atoms with Gasteiger partial charge in [-0.15, -0.1) is 0 Å². The molecule has 2 N–H and O–H groups in total. The fourth-order valence-corrected chi connectivity index (χ4v) is 6.31. The fourth-order valence-electron chi connectivity index (χ4n) is 6.31. The smallest absolute Gasteiger partial charge is 0.318 e. The zero-order valence-electron chi connectivity index (χ0n) is 25.8. The Morgan fingerprint density at radius 2 is 1.74 bits per heavy atom. The first-order chi connectivity index (χ1) is 20.6. The number of hydrogen-bond donors (Lipinski definition) is 2. The number of aryl methyl sites for hydroxylation is 2. The second-order valence-corrected chi connectivity index (χ2v) is 13.0. The molecule has 1 aromatic heterocycles. The van der Waals surface area contributed by atoms with Gasteiger partial charge in [-0.2, -0.15) is 5.10 Å². The molecule has 7 heteroatoms. The number of urea groups is 1. The third kappa shape index (κ3) is 6.21. The Morgan fingerprint density at radius 1 is 0.953 bits per heavy atom. The first-order valence-corrected chi connectivity index (χ1v) is 15.2. The number of aromatic nitrogens is 2. The average Bonchev–Trinajstić information content (AvgIpc) is 3.72. The van der Waals surface area contributed by atoms with Crippen molar-refractivity contribution < 1.29 is 9.59 Å². The molecule has 0 spiro atoms. The minimum Gasteiger partial charge on any atom is -0.352 e. The molecule has 0 saturated heterocycles. The number of benzene rings is 3. The largest absolute Gasteiger partial charge is 0.352 e. The molecular weight excluding hydrogens is 534 g/mol. The molecule has 1 saturated carbocycles. The minimum atomic E-state index is -0.320. The van der Waals surface area contributed by atoms with Gasteiger partial charge in [0, 0.05) is 36.8 Å². The summed E-state index contributed by atoms with van der Waals surface area (Å²) in [6.45, 7) is 11.7. The van der Waals surface area contributed by atoms with Gasteiger partial charge in [-0.05, 0) is 105 Å². The number of nitrogens with zero attached hydrogens (tertiary/aromatic N) is 3. The van der Waals surface area contributed by atoms with Crippen LogP contribution in [-0.4, -0.2) is 38.7 Å². The van der Waals surface area contributed by atoms with E-state index in [2.05, 4.69) is 77.3 Å². The molecular formula is C36H41N5O2. The topological polar surface area (TPSA) is 79.3 Å². The molecule has 1 aliphatic heterocycles. The molecule has 222 valence electrons. The van der Waals surface area contributed by atoms with E-state index in [-0.39, 0.29) is 23.4 Å². The van der Waals surface area contributed by atoms with Crippen LogP contribution in [0.15, 0.2) is 72.8 Å².